The van der Waals surface area contributed by atoms with Crippen LogP contribution in [0.1, 0.15) is 12.5 Å². The lowest BCUT2D eigenvalue weighted by Gasteiger charge is -2.10. The zero-order valence-electron chi connectivity index (χ0n) is 17.1. The molecule has 4 rings (SSSR count). The summed E-state index contributed by atoms with van der Waals surface area (Å²) in [6.45, 7) is 1.82. The molecule has 1 amide bonds. The predicted molar refractivity (Wildman–Crippen MR) is 130 cm³/mol. The molecule has 2 aromatic carbocycles. The Kier molecular flexibility index (Phi) is 7.08. The molecule has 0 unspecified atom stereocenters. The van der Waals surface area contributed by atoms with E-state index in [2.05, 4.69) is 41.6 Å². The summed E-state index contributed by atoms with van der Waals surface area (Å²) in [6, 6.07) is 21.4. The number of amides is 1. The Bertz CT molecular complexity index is 1230. The first-order valence-corrected chi connectivity index (χ1v) is 11.5. The van der Waals surface area contributed by atoms with Crippen molar-refractivity contribution >= 4 is 39.3 Å². The third-order valence-corrected chi connectivity index (χ3v) is 5.97. The summed E-state index contributed by atoms with van der Waals surface area (Å²) in [4.78, 5) is 16.5. The van der Waals surface area contributed by atoms with Gasteiger partial charge < -0.3 is 0 Å². The van der Waals surface area contributed by atoms with E-state index in [9.17, 15) is 4.79 Å². The summed E-state index contributed by atoms with van der Waals surface area (Å²) in [5.41, 5.74) is 5.97. The number of benzene rings is 2. The van der Waals surface area contributed by atoms with Gasteiger partial charge in [0.15, 0.2) is 11.0 Å². The van der Waals surface area contributed by atoms with Crippen LogP contribution in [0.2, 0.25) is 0 Å². The molecule has 0 aliphatic rings. The second-order valence-corrected chi connectivity index (χ2v) is 8.60. The second-order valence-electron chi connectivity index (χ2n) is 6.75. The molecule has 32 heavy (non-hydrogen) atoms. The molecular formula is C23H19BrN6OS. The normalized spacial score (nSPS) is 11.4. The lowest BCUT2D eigenvalue weighted by atomic mass is 10.2. The van der Waals surface area contributed by atoms with Crippen LogP contribution in [0.5, 0.6) is 0 Å². The van der Waals surface area contributed by atoms with E-state index in [1.807, 2.05) is 78.2 Å². The van der Waals surface area contributed by atoms with Crippen LogP contribution in [0.4, 0.5) is 0 Å². The smallest absolute Gasteiger partial charge is 0.250 e. The van der Waals surface area contributed by atoms with Crippen molar-refractivity contribution in [1.82, 2.24) is 25.2 Å². The number of carbonyl (C=O) groups excluding carboxylic acids is 1. The Hall–Kier alpha value is -3.30. The number of nitrogens with one attached hydrogen (secondary N) is 1. The van der Waals surface area contributed by atoms with Gasteiger partial charge in [-0.3, -0.25) is 14.3 Å². The van der Waals surface area contributed by atoms with Gasteiger partial charge in [0.05, 0.1) is 11.5 Å². The number of carbonyl (C=O) groups is 1. The number of hydrogen-bond donors (Lipinski definition) is 1. The van der Waals surface area contributed by atoms with Crippen molar-refractivity contribution in [1.29, 1.82) is 0 Å². The lowest BCUT2D eigenvalue weighted by molar-refractivity contribution is -0.118. The van der Waals surface area contributed by atoms with E-state index in [-0.39, 0.29) is 11.7 Å². The first-order valence-electron chi connectivity index (χ1n) is 9.75. The largest absolute Gasteiger partial charge is 0.272 e. The zero-order valence-corrected chi connectivity index (χ0v) is 19.5. The summed E-state index contributed by atoms with van der Waals surface area (Å²) in [7, 11) is 0. The van der Waals surface area contributed by atoms with Gasteiger partial charge in [0.2, 0.25) is 0 Å². The fourth-order valence-corrected chi connectivity index (χ4v) is 3.92. The number of aromatic nitrogens is 4. The van der Waals surface area contributed by atoms with E-state index in [4.69, 9.17) is 0 Å². The van der Waals surface area contributed by atoms with Crippen LogP contribution >= 0.6 is 27.7 Å². The minimum absolute atomic E-state index is 0.148. The van der Waals surface area contributed by atoms with E-state index in [0.717, 1.165) is 21.3 Å². The van der Waals surface area contributed by atoms with Crippen molar-refractivity contribution in [2.24, 2.45) is 5.10 Å². The highest BCUT2D eigenvalue weighted by atomic mass is 79.9. The molecule has 2 heterocycles. The third kappa shape index (κ3) is 5.30. The van der Waals surface area contributed by atoms with E-state index >= 15 is 0 Å². The van der Waals surface area contributed by atoms with Crippen molar-refractivity contribution in [3.8, 4) is 17.1 Å². The van der Waals surface area contributed by atoms with Gasteiger partial charge in [0.1, 0.15) is 0 Å². The number of hydrazone groups is 1. The van der Waals surface area contributed by atoms with Crippen molar-refractivity contribution in [3.63, 3.8) is 0 Å². The van der Waals surface area contributed by atoms with Crippen molar-refractivity contribution in [2.45, 2.75) is 12.1 Å². The number of hydrogen-bond acceptors (Lipinski definition) is 6. The number of rotatable bonds is 7. The van der Waals surface area contributed by atoms with Crippen LogP contribution in [0, 0.1) is 0 Å². The molecular weight excluding hydrogens is 488 g/mol. The maximum absolute atomic E-state index is 12.4. The molecule has 0 bridgehead atoms. The van der Waals surface area contributed by atoms with Gasteiger partial charge in [-0.05, 0) is 37.3 Å². The molecule has 0 fully saturated rings. The predicted octanol–water partition coefficient (Wildman–Crippen LogP) is 4.72. The molecule has 0 atom stereocenters. The maximum atomic E-state index is 12.4. The Labute approximate surface area is 198 Å². The Morgan fingerprint density at radius 2 is 1.84 bits per heavy atom. The number of thioether (sulfide) groups is 1. The minimum Gasteiger partial charge on any atom is -0.272 e. The van der Waals surface area contributed by atoms with E-state index < -0.39 is 0 Å². The van der Waals surface area contributed by atoms with Crippen LogP contribution in [0.15, 0.2) is 93.9 Å². The highest BCUT2D eigenvalue weighted by Gasteiger charge is 2.17. The summed E-state index contributed by atoms with van der Waals surface area (Å²) in [6.07, 6.45) is 3.39. The van der Waals surface area contributed by atoms with Gasteiger partial charge in [-0.25, -0.2) is 5.43 Å². The molecule has 2 aromatic heterocycles. The average Bonchev–Trinajstić information content (AvgIpc) is 3.26. The molecule has 0 saturated heterocycles. The van der Waals surface area contributed by atoms with Gasteiger partial charge in [0.25, 0.3) is 5.91 Å². The van der Waals surface area contributed by atoms with E-state index in [1.165, 1.54) is 11.8 Å². The fourth-order valence-electron chi connectivity index (χ4n) is 2.91. The quantitative estimate of drug-likeness (QED) is 0.222. The molecule has 7 nitrogen and oxygen atoms in total. The highest BCUT2D eigenvalue weighted by molar-refractivity contribution is 9.10. The van der Waals surface area contributed by atoms with Crippen LogP contribution in [-0.4, -0.2) is 37.1 Å². The Morgan fingerprint density at radius 1 is 1.06 bits per heavy atom. The first-order chi connectivity index (χ1) is 15.6. The summed E-state index contributed by atoms with van der Waals surface area (Å²) in [5.74, 6) is 0.623. The molecule has 0 saturated carbocycles. The van der Waals surface area contributed by atoms with Crippen LogP contribution in [-0.2, 0) is 4.79 Å². The number of pyridine rings is 1. The second kappa shape index (κ2) is 10.3. The van der Waals surface area contributed by atoms with Gasteiger partial charge in [-0.15, -0.1) is 10.2 Å². The highest BCUT2D eigenvalue weighted by Crippen LogP contribution is 2.28. The third-order valence-electron chi connectivity index (χ3n) is 4.51. The topological polar surface area (TPSA) is 85.1 Å². The summed E-state index contributed by atoms with van der Waals surface area (Å²) < 4.78 is 2.94. The zero-order chi connectivity index (χ0) is 22.3. The van der Waals surface area contributed by atoms with Gasteiger partial charge in [-0.2, -0.15) is 5.10 Å². The Balaban J connectivity index is 1.52. The van der Waals surface area contributed by atoms with Crippen molar-refractivity contribution in [3.05, 3.63) is 89.2 Å². The van der Waals surface area contributed by atoms with E-state index in [1.54, 1.807) is 12.4 Å². The molecule has 4 aromatic rings. The summed E-state index contributed by atoms with van der Waals surface area (Å²) in [5, 5.41) is 13.5. The van der Waals surface area contributed by atoms with E-state index in [0.29, 0.717) is 16.7 Å². The Morgan fingerprint density at radius 3 is 2.56 bits per heavy atom. The minimum atomic E-state index is -0.231. The fraction of sp³-hybridized carbons (Fsp3) is 0.0870. The molecule has 1 N–H and O–H groups in total. The van der Waals surface area contributed by atoms with Gasteiger partial charge in [0, 0.05) is 33.7 Å². The van der Waals surface area contributed by atoms with Gasteiger partial charge >= 0.3 is 0 Å². The molecule has 0 radical (unpaired) electrons. The SMILES string of the molecule is CC(=NNC(=O)CSc1nnc(-c2ccc(Br)cc2)n1-c1ccccc1)c1cccnc1. The van der Waals surface area contributed by atoms with Crippen LogP contribution < -0.4 is 5.43 Å². The molecule has 9 heteroatoms. The molecule has 0 aliphatic carbocycles. The standard InChI is InChI=1S/C23H19BrN6OS/c1-16(18-6-5-13-25-14-18)26-27-21(31)15-32-23-29-28-22(17-9-11-19(24)12-10-17)30(23)20-7-3-2-4-8-20/h2-14H,15H2,1H3,(H,27,31). The van der Waals surface area contributed by atoms with Crippen molar-refractivity contribution < 1.29 is 4.79 Å². The van der Waals surface area contributed by atoms with Crippen LogP contribution in [0.3, 0.4) is 0 Å². The monoisotopic (exact) mass is 506 g/mol. The number of nitrogens with zero attached hydrogens (tertiary/aromatic N) is 5. The number of para-hydroxylation sites is 1. The number of halogens is 1. The molecule has 160 valence electrons. The average molecular weight is 507 g/mol. The van der Waals surface area contributed by atoms with Gasteiger partial charge in [-0.1, -0.05) is 64.1 Å². The van der Waals surface area contributed by atoms with Crippen LogP contribution in [0.25, 0.3) is 17.1 Å². The first kappa shape index (κ1) is 21.9. The lowest BCUT2D eigenvalue weighted by Crippen LogP contribution is -2.21. The molecule has 0 aliphatic heterocycles. The van der Waals surface area contributed by atoms with Crippen molar-refractivity contribution in [2.75, 3.05) is 5.75 Å². The molecule has 0 spiro atoms. The maximum Gasteiger partial charge on any atom is 0.250 e. The summed E-state index contributed by atoms with van der Waals surface area (Å²) >= 11 is 4.76.